The maximum atomic E-state index is 12.3. The first-order chi connectivity index (χ1) is 12.6. The largest absolute Gasteiger partial charge is 0.496 e. The number of carbonyl (C=O) groups is 1. The lowest BCUT2D eigenvalue weighted by atomic mass is 9.84. The summed E-state index contributed by atoms with van der Waals surface area (Å²) in [6.07, 6.45) is 0.290. The quantitative estimate of drug-likeness (QED) is 0.907. The number of carbonyl (C=O) groups excluding carboxylic acids is 1. The summed E-state index contributed by atoms with van der Waals surface area (Å²) in [6.45, 7) is 0.177. The molecular weight excluding hydrogens is 338 g/mol. The third-order valence-electron chi connectivity index (χ3n) is 4.70. The van der Waals surface area contributed by atoms with Gasteiger partial charge in [0, 0.05) is 35.7 Å². The fourth-order valence-corrected chi connectivity index (χ4v) is 3.45. The van der Waals surface area contributed by atoms with Crippen LogP contribution in [0.15, 0.2) is 24.3 Å². The zero-order valence-corrected chi connectivity index (χ0v) is 14.8. The highest BCUT2D eigenvalue weighted by atomic mass is 16.7. The van der Waals surface area contributed by atoms with Gasteiger partial charge in [-0.25, -0.2) is 0 Å². The van der Waals surface area contributed by atoms with Gasteiger partial charge in [-0.05, 0) is 17.7 Å². The van der Waals surface area contributed by atoms with Crippen molar-refractivity contribution < 1.29 is 28.5 Å². The second-order valence-electron chi connectivity index (χ2n) is 6.05. The van der Waals surface area contributed by atoms with Crippen LogP contribution in [0.25, 0.3) is 0 Å². The number of benzene rings is 2. The minimum Gasteiger partial charge on any atom is -0.496 e. The first-order valence-corrected chi connectivity index (χ1v) is 8.18. The van der Waals surface area contributed by atoms with Crippen molar-refractivity contribution in [3.63, 3.8) is 0 Å². The number of hydrogen-bond acceptors (Lipinski definition) is 6. The summed E-state index contributed by atoms with van der Waals surface area (Å²) >= 11 is 0. The van der Waals surface area contributed by atoms with E-state index in [4.69, 9.17) is 23.7 Å². The van der Waals surface area contributed by atoms with Gasteiger partial charge >= 0.3 is 0 Å². The Morgan fingerprint density at radius 1 is 0.885 bits per heavy atom. The van der Waals surface area contributed by atoms with E-state index < -0.39 is 0 Å². The lowest BCUT2D eigenvalue weighted by Crippen LogP contribution is -2.23. The fraction of sp³-hybridized carbons (Fsp3) is 0.316. The van der Waals surface area contributed by atoms with Crippen molar-refractivity contribution in [2.24, 2.45) is 0 Å². The number of rotatable bonds is 4. The van der Waals surface area contributed by atoms with Crippen LogP contribution in [-0.2, 0) is 4.79 Å². The van der Waals surface area contributed by atoms with E-state index in [-0.39, 0.29) is 18.6 Å². The van der Waals surface area contributed by atoms with E-state index in [0.717, 1.165) is 11.1 Å². The molecule has 136 valence electrons. The van der Waals surface area contributed by atoms with E-state index >= 15 is 0 Å². The monoisotopic (exact) mass is 357 g/mol. The normalized spacial score (nSPS) is 17.3. The Hall–Kier alpha value is -3.09. The molecule has 26 heavy (non-hydrogen) atoms. The van der Waals surface area contributed by atoms with Crippen LogP contribution < -0.4 is 29.0 Å². The van der Waals surface area contributed by atoms with E-state index in [0.29, 0.717) is 40.9 Å². The molecule has 7 nitrogen and oxygen atoms in total. The van der Waals surface area contributed by atoms with Gasteiger partial charge in [0.05, 0.1) is 21.3 Å². The van der Waals surface area contributed by atoms with Crippen molar-refractivity contribution in [3.05, 3.63) is 35.4 Å². The summed E-state index contributed by atoms with van der Waals surface area (Å²) in [7, 11) is 4.74. The Bertz CT molecular complexity index is 879. The molecule has 1 amide bonds. The maximum absolute atomic E-state index is 12.3. The molecular formula is C19H19NO6. The van der Waals surface area contributed by atoms with Crippen LogP contribution in [0, 0.1) is 0 Å². The lowest BCUT2D eigenvalue weighted by molar-refractivity contribution is -0.116. The van der Waals surface area contributed by atoms with E-state index in [2.05, 4.69) is 5.32 Å². The maximum Gasteiger partial charge on any atom is 0.231 e. The summed E-state index contributed by atoms with van der Waals surface area (Å²) in [5, 5.41) is 2.91. The molecule has 2 aliphatic rings. The molecule has 1 N–H and O–H groups in total. The molecule has 0 aliphatic carbocycles. The molecule has 2 heterocycles. The van der Waals surface area contributed by atoms with Gasteiger partial charge in [-0.2, -0.15) is 0 Å². The van der Waals surface area contributed by atoms with E-state index in [9.17, 15) is 4.79 Å². The molecule has 1 unspecified atom stereocenters. The molecule has 0 radical (unpaired) electrons. The zero-order valence-electron chi connectivity index (χ0n) is 14.8. The Kier molecular flexibility index (Phi) is 3.99. The average Bonchev–Trinajstić information content (AvgIpc) is 3.11. The summed E-state index contributed by atoms with van der Waals surface area (Å²) < 4.78 is 27.3. The first kappa shape index (κ1) is 16.4. The van der Waals surface area contributed by atoms with Crippen molar-refractivity contribution in [2.45, 2.75) is 12.3 Å². The van der Waals surface area contributed by atoms with Gasteiger partial charge in [0.15, 0.2) is 23.0 Å². The van der Waals surface area contributed by atoms with Crippen LogP contribution in [0.3, 0.4) is 0 Å². The van der Waals surface area contributed by atoms with E-state index in [1.54, 1.807) is 33.5 Å². The number of anilines is 1. The van der Waals surface area contributed by atoms with Gasteiger partial charge in [-0.3, -0.25) is 4.79 Å². The van der Waals surface area contributed by atoms with Crippen molar-refractivity contribution in [3.8, 4) is 28.7 Å². The van der Waals surface area contributed by atoms with Gasteiger partial charge in [0.2, 0.25) is 12.7 Å². The Balaban J connectivity index is 1.88. The van der Waals surface area contributed by atoms with Crippen LogP contribution in [0.1, 0.15) is 23.5 Å². The predicted molar refractivity (Wildman–Crippen MR) is 93.8 cm³/mol. The SMILES string of the molecule is COc1cc(OC)c(C2CC(=O)Nc3cc4c(cc32)OCO4)cc1OC. The average molecular weight is 357 g/mol. The molecule has 1 atom stereocenters. The van der Waals surface area contributed by atoms with Crippen LogP contribution in [-0.4, -0.2) is 34.0 Å². The predicted octanol–water partition coefficient (Wildman–Crippen LogP) is 2.92. The summed E-state index contributed by atoms with van der Waals surface area (Å²) in [5.41, 5.74) is 2.51. The highest BCUT2D eigenvalue weighted by molar-refractivity contribution is 5.96. The summed E-state index contributed by atoms with van der Waals surface area (Å²) in [4.78, 5) is 12.3. The van der Waals surface area contributed by atoms with Crippen molar-refractivity contribution in [1.29, 1.82) is 0 Å². The third-order valence-corrected chi connectivity index (χ3v) is 4.70. The lowest BCUT2D eigenvalue weighted by Gasteiger charge is -2.28. The van der Waals surface area contributed by atoms with Gasteiger partial charge < -0.3 is 29.0 Å². The molecule has 2 aliphatic heterocycles. The fourth-order valence-electron chi connectivity index (χ4n) is 3.45. The number of fused-ring (bicyclic) bond motifs is 2. The number of amides is 1. The number of nitrogens with one attached hydrogen (secondary N) is 1. The van der Waals surface area contributed by atoms with Crippen LogP contribution in [0.4, 0.5) is 5.69 Å². The summed E-state index contributed by atoms with van der Waals surface area (Å²) in [6, 6.07) is 7.34. The van der Waals surface area contributed by atoms with Crippen molar-refractivity contribution in [1.82, 2.24) is 0 Å². The Labute approximate surface area is 150 Å². The zero-order chi connectivity index (χ0) is 18.3. The topological polar surface area (TPSA) is 75.3 Å². The summed E-state index contributed by atoms with van der Waals surface area (Å²) in [5.74, 6) is 2.80. The molecule has 0 fully saturated rings. The Morgan fingerprint density at radius 2 is 1.54 bits per heavy atom. The van der Waals surface area contributed by atoms with Gasteiger partial charge in [0.25, 0.3) is 0 Å². The molecule has 0 saturated carbocycles. The number of hydrogen-bond donors (Lipinski definition) is 1. The van der Waals surface area contributed by atoms with Gasteiger partial charge in [-0.1, -0.05) is 0 Å². The molecule has 0 aromatic heterocycles. The van der Waals surface area contributed by atoms with Crippen molar-refractivity contribution in [2.75, 3.05) is 33.4 Å². The molecule has 4 rings (SSSR count). The minimum absolute atomic E-state index is 0.0711. The molecule has 0 saturated heterocycles. The smallest absolute Gasteiger partial charge is 0.231 e. The highest BCUT2D eigenvalue weighted by Gasteiger charge is 2.32. The minimum atomic E-state index is -0.206. The van der Waals surface area contributed by atoms with Gasteiger partial charge in [-0.15, -0.1) is 0 Å². The highest BCUT2D eigenvalue weighted by Crippen LogP contribution is 2.48. The third kappa shape index (κ3) is 2.56. The van der Waals surface area contributed by atoms with Crippen LogP contribution in [0.2, 0.25) is 0 Å². The number of ether oxygens (including phenoxy) is 5. The Morgan fingerprint density at radius 3 is 2.23 bits per heavy atom. The standard InChI is InChI=1S/C19H19NO6/c1-22-14-8-16(24-3)15(23-2)5-12(14)10-6-19(21)20-13-7-18-17(4-11(10)13)25-9-26-18/h4-5,7-8,10H,6,9H2,1-3H3,(H,20,21). The molecule has 7 heteroatoms. The molecule has 2 aromatic carbocycles. The van der Waals surface area contributed by atoms with E-state index in [1.165, 1.54) is 0 Å². The van der Waals surface area contributed by atoms with Gasteiger partial charge in [0.1, 0.15) is 5.75 Å². The van der Waals surface area contributed by atoms with Crippen LogP contribution in [0.5, 0.6) is 28.7 Å². The molecule has 2 aromatic rings. The molecule has 0 spiro atoms. The first-order valence-electron chi connectivity index (χ1n) is 8.18. The molecule has 0 bridgehead atoms. The van der Waals surface area contributed by atoms with Crippen molar-refractivity contribution >= 4 is 11.6 Å². The second kappa shape index (κ2) is 6.33. The van der Waals surface area contributed by atoms with E-state index in [1.807, 2.05) is 12.1 Å². The second-order valence-corrected chi connectivity index (χ2v) is 6.05. The number of methoxy groups -OCH3 is 3. The van der Waals surface area contributed by atoms with Crippen LogP contribution >= 0.6 is 0 Å².